The Morgan fingerprint density at radius 2 is 1.62 bits per heavy atom. The monoisotopic (exact) mass is 434 g/mol. The van der Waals surface area contributed by atoms with E-state index in [1.807, 2.05) is 45.0 Å². The van der Waals surface area contributed by atoms with Crippen LogP contribution in [0.25, 0.3) is 0 Å². The van der Waals surface area contributed by atoms with Crippen molar-refractivity contribution in [3.63, 3.8) is 0 Å². The summed E-state index contributed by atoms with van der Waals surface area (Å²) in [6.07, 6.45) is 3.77. The topological polar surface area (TPSA) is 56.8 Å². The lowest BCUT2D eigenvalue weighted by molar-refractivity contribution is -0.129. The van der Waals surface area contributed by atoms with Gasteiger partial charge in [0.2, 0.25) is 5.91 Å². The van der Waals surface area contributed by atoms with Gasteiger partial charge in [0.1, 0.15) is 0 Å². The van der Waals surface area contributed by atoms with E-state index < -0.39 is 0 Å². The minimum Gasteiger partial charge on any atom is -0.371 e. The number of benzene rings is 1. The Morgan fingerprint density at radius 3 is 2.25 bits per heavy atom. The van der Waals surface area contributed by atoms with Gasteiger partial charge in [-0.05, 0) is 74.9 Å². The number of piperidine rings is 1. The van der Waals surface area contributed by atoms with Gasteiger partial charge in [-0.1, -0.05) is 6.07 Å². The van der Waals surface area contributed by atoms with Gasteiger partial charge < -0.3 is 14.7 Å². The predicted molar refractivity (Wildman–Crippen MR) is 127 cm³/mol. The van der Waals surface area contributed by atoms with Crippen molar-refractivity contribution < 1.29 is 9.59 Å². The van der Waals surface area contributed by atoms with Crippen LogP contribution in [0, 0.1) is 13.8 Å². The number of aromatic nitrogens is 1. The Balaban J connectivity index is 1.44. The molecule has 1 aromatic heterocycles. The molecule has 1 atom stereocenters. The van der Waals surface area contributed by atoms with E-state index in [4.69, 9.17) is 0 Å². The fraction of sp³-hybridized carbons (Fsp3) is 0.500. The lowest BCUT2D eigenvalue weighted by atomic mass is 9.99. The van der Waals surface area contributed by atoms with Crippen LogP contribution in [-0.2, 0) is 11.2 Å². The van der Waals surface area contributed by atoms with E-state index in [2.05, 4.69) is 28.1 Å². The van der Waals surface area contributed by atoms with Gasteiger partial charge in [-0.25, -0.2) is 0 Å². The summed E-state index contributed by atoms with van der Waals surface area (Å²) in [7, 11) is 3.78. The number of aryl methyl sites for hydroxylation is 3. The fourth-order valence-electron chi connectivity index (χ4n) is 5.21. The molecule has 4 rings (SSSR count). The Morgan fingerprint density at radius 1 is 0.969 bits per heavy atom. The zero-order chi connectivity index (χ0) is 23.0. The lowest BCUT2D eigenvalue weighted by Gasteiger charge is -2.38. The molecule has 170 valence electrons. The average Bonchev–Trinajstić information content (AvgIpc) is 3.20. The van der Waals surface area contributed by atoms with Gasteiger partial charge in [0, 0.05) is 62.8 Å². The van der Waals surface area contributed by atoms with E-state index in [0.29, 0.717) is 0 Å². The number of fused-ring (bicyclic) bond motifs is 1. The minimum absolute atomic E-state index is 0.0584. The summed E-state index contributed by atoms with van der Waals surface area (Å²) < 4.78 is 0. The van der Waals surface area contributed by atoms with Crippen molar-refractivity contribution in [1.29, 1.82) is 0 Å². The van der Waals surface area contributed by atoms with Crippen LogP contribution in [0.2, 0.25) is 0 Å². The summed E-state index contributed by atoms with van der Waals surface area (Å²) in [5.41, 5.74) is 6.40. The molecule has 0 radical (unpaired) electrons. The summed E-state index contributed by atoms with van der Waals surface area (Å²) >= 11 is 0. The van der Waals surface area contributed by atoms with Crippen molar-refractivity contribution in [2.24, 2.45) is 0 Å². The number of carbonyl (C=O) groups excluding carboxylic acids is 2. The summed E-state index contributed by atoms with van der Waals surface area (Å²) in [6, 6.07) is 10.6. The third-order valence-electron chi connectivity index (χ3n) is 7.17. The van der Waals surface area contributed by atoms with Crippen LogP contribution in [0.15, 0.2) is 30.3 Å². The molecule has 6 nitrogen and oxygen atoms in total. The highest BCUT2D eigenvalue weighted by Crippen LogP contribution is 2.36. The largest absolute Gasteiger partial charge is 0.371 e. The third kappa shape index (κ3) is 4.36. The summed E-state index contributed by atoms with van der Waals surface area (Å²) in [6.45, 7) is 7.53. The molecule has 32 heavy (non-hydrogen) atoms. The lowest BCUT2D eigenvalue weighted by Crippen LogP contribution is -2.45. The fourth-order valence-corrected chi connectivity index (χ4v) is 5.21. The van der Waals surface area contributed by atoms with E-state index in [9.17, 15) is 9.59 Å². The van der Waals surface area contributed by atoms with Gasteiger partial charge in [0.05, 0.1) is 6.04 Å². The first-order chi connectivity index (χ1) is 15.2. The number of nitrogens with zero attached hydrogens (tertiary/aromatic N) is 4. The van der Waals surface area contributed by atoms with Crippen LogP contribution >= 0.6 is 0 Å². The molecular formula is C26H34N4O2. The second-order valence-corrected chi connectivity index (χ2v) is 9.34. The maximum absolute atomic E-state index is 13.3. The van der Waals surface area contributed by atoms with Crippen molar-refractivity contribution >= 4 is 17.5 Å². The molecule has 2 aromatic rings. The van der Waals surface area contributed by atoms with Crippen LogP contribution < -0.4 is 4.90 Å². The molecule has 1 aliphatic heterocycles. The number of carbonyl (C=O) groups is 2. The Bertz CT molecular complexity index is 1010. The van der Waals surface area contributed by atoms with Crippen LogP contribution in [0.1, 0.15) is 65.1 Å². The summed E-state index contributed by atoms with van der Waals surface area (Å²) in [5.74, 6) is 0.126. The highest BCUT2D eigenvalue weighted by atomic mass is 16.2. The van der Waals surface area contributed by atoms with E-state index >= 15 is 0 Å². The molecule has 1 fully saturated rings. The van der Waals surface area contributed by atoms with Gasteiger partial charge in [-0.2, -0.15) is 0 Å². The number of anilines is 1. The zero-order valence-corrected chi connectivity index (χ0v) is 19.9. The summed E-state index contributed by atoms with van der Waals surface area (Å²) in [4.78, 5) is 35.8. The Hall–Kier alpha value is -2.89. The molecule has 1 unspecified atom stereocenters. The standard InChI is InChI=1S/C26H34N4O2/c1-17-14-23(15-18(2)27-17)30-12-10-22(11-13-30)29(5)26(32)21-7-6-20-8-9-25(24(20)16-21)28(4)19(3)31/h6-7,14-16,22,25H,8-13H2,1-5H3. The molecule has 0 spiro atoms. The third-order valence-corrected chi connectivity index (χ3v) is 7.17. The molecular weight excluding hydrogens is 400 g/mol. The van der Waals surface area contributed by atoms with Crippen molar-refractivity contribution in [1.82, 2.24) is 14.8 Å². The van der Waals surface area contributed by atoms with Crippen molar-refractivity contribution in [3.8, 4) is 0 Å². The van der Waals surface area contributed by atoms with Crippen molar-refractivity contribution in [3.05, 3.63) is 58.4 Å². The predicted octanol–water partition coefficient (Wildman–Crippen LogP) is 3.91. The maximum atomic E-state index is 13.3. The normalized spacial score (nSPS) is 18.4. The van der Waals surface area contributed by atoms with Gasteiger partial charge in [-0.3, -0.25) is 14.6 Å². The molecule has 0 saturated carbocycles. The first-order valence-electron chi connectivity index (χ1n) is 11.6. The van der Waals surface area contributed by atoms with Crippen molar-refractivity contribution in [2.45, 2.75) is 58.5 Å². The van der Waals surface area contributed by atoms with Crippen LogP contribution in [0.4, 0.5) is 5.69 Å². The molecule has 1 aliphatic carbocycles. The van der Waals surface area contributed by atoms with Gasteiger partial charge in [0.15, 0.2) is 0 Å². The van der Waals surface area contributed by atoms with Gasteiger partial charge >= 0.3 is 0 Å². The average molecular weight is 435 g/mol. The molecule has 2 amide bonds. The molecule has 0 N–H and O–H groups in total. The molecule has 6 heteroatoms. The molecule has 2 aliphatic rings. The van der Waals surface area contributed by atoms with E-state index in [1.54, 1.807) is 11.8 Å². The van der Waals surface area contributed by atoms with Crippen LogP contribution in [0.5, 0.6) is 0 Å². The number of pyridine rings is 1. The molecule has 0 bridgehead atoms. The highest BCUT2D eigenvalue weighted by Gasteiger charge is 2.30. The maximum Gasteiger partial charge on any atom is 0.253 e. The number of amides is 2. The Labute approximate surface area is 191 Å². The highest BCUT2D eigenvalue weighted by molar-refractivity contribution is 5.94. The van der Waals surface area contributed by atoms with E-state index in [-0.39, 0.29) is 23.9 Å². The van der Waals surface area contributed by atoms with Crippen LogP contribution in [0.3, 0.4) is 0 Å². The van der Waals surface area contributed by atoms with Gasteiger partial charge in [0.25, 0.3) is 5.91 Å². The van der Waals surface area contributed by atoms with Crippen LogP contribution in [-0.4, -0.2) is 59.8 Å². The first kappa shape index (κ1) is 22.3. The minimum atomic E-state index is 0.0584. The number of hydrogen-bond donors (Lipinski definition) is 0. The first-order valence-corrected chi connectivity index (χ1v) is 11.6. The molecule has 2 heterocycles. The summed E-state index contributed by atoms with van der Waals surface area (Å²) in [5, 5.41) is 0. The molecule has 1 aromatic carbocycles. The second kappa shape index (κ2) is 8.93. The zero-order valence-electron chi connectivity index (χ0n) is 19.9. The quantitative estimate of drug-likeness (QED) is 0.732. The number of rotatable bonds is 4. The Kier molecular flexibility index (Phi) is 6.22. The van der Waals surface area contributed by atoms with E-state index in [0.717, 1.165) is 61.3 Å². The van der Waals surface area contributed by atoms with E-state index in [1.165, 1.54) is 11.3 Å². The SMILES string of the molecule is CC(=O)N(C)C1CCc2ccc(C(=O)N(C)C3CCN(c4cc(C)nc(C)c4)CC3)cc21. The second-order valence-electron chi connectivity index (χ2n) is 9.34. The molecule has 1 saturated heterocycles. The smallest absolute Gasteiger partial charge is 0.253 e. The number of hydrogen-bond acceptors (Lipinski definition) is 4. The van der Waals surface area contributed by atoms with Gasteiger partial charge in [-0.15, -0.1) is 0 Å². The van der Waals surface area contributed by atoms with Crippen molar-refractivity contribution in [2.75, 3.05) is 32.1 Å².